The van der Waals surface area contributed by atoms with Crippen molar-refractivity contribution < 1.29 is 9.84 Å². The van der Waals surface area contributed by atoms with Gasteiger partial charge in [0.25, 0.3) is 0 Å². The molecule has 0 aliphatic rings. The molecule has 14 heavy (non-hydrogen) atoms. The fourth-order valence-electron chi connectivity index (χ4n) is 1.70. The molecule has 0 aromatic carbocycles. The molecule has 3 atom stereocenters. The minimum absolute atomic E-state index is 0.196. The molecular weight excluding hydrogens is 178 g/mol. The molecule has 0 aromatic heterocycles. The maximum atomic E-state index is 10.0. The summed E-state index contributed by atoms with van der Waals surface area (Å²) in [6.07, 6.45) is 0.580. The fourth-order valence-corrected chi connectivity index (χ4v) is 1.70. The van der Waals surface area contributed by atoms with Gasteiger partial charge in [-0.2, -0.15) is 0 Å². The molecule has 0 amide bonds. The third kappa shape index (κ3) is 4.40. The minimum Gasteiger partial charge on any atom is -0.393 e. The van der Waals surface area contributed by atoms with E-state index in [-0.39, 0.29) is 17.9 Å². The Bertz CT molecular complexity index is 139. The third-order valence-electron chi connectivity index (χ3n) is 2.93. The van der Waals surface area contributed by atoms with Crippen LogP contribution in [0.2, 0.25) is 0 Å². The van der Waals surface area contributed by atoms with E-state index in [2.05, 4.69) is 20.8 Å². The standard InChI is InChI=1S/C11H25NO2/c1-8(2)10(7-12)11(13)9(3)5-6-14-4/h8-11,13H,5-7,12H2,1-4H3. The highest BCUT2D eigenvalue weighted by atomic mass is 16.5. The highest BCUT2D eigenvalue weighted by Crippen LogP contribution is 2.22. The average molecular weight is 203 g/mol. The first-order chi connectivity index (χ1) is 6.54. The second kappa shape index (κ2) is 7.21. The fraction of sp³-hybridized carbons (Fsp3) is 1.00. The Morgan fingerprint density at radius 2 is 1.86 bits per heavy atom. The molecule has 0 fully saturated rings. The van der Waals surface area contributed by atoms with Crippen LogP contribution in [0, 0.1) is 17.8 Å². The van der Waals surface area contributed by atoms with Crippen molar-refractivity contribution in [2.24, 2.45) is 23.5 Å². The molecule has 0 rings (SSSR count). The van der Waals surface area contributed by atoms with Crippen molar-refractivity contribution in [3.8, 4) is 0 Å². The second-order valence-corrected chi connectivity index (χ2v) is 4.39. The Kier molecular flexibility index (Phi) is 7.15. The van der Waals surface area contributed by atoms with Crippen molar-refractivity contribution >= 4 is 0 Å². The van der Waals surface area contributed by atoms with Crippen molar-refractivity contribution in [1.82, 2.24) is 0 Å². The Labute approximate surface area is 87.6 Å². The van der Waals surface area contributed by atoms with Gasteiger partial charge in [-0.1, -0.05) is 20.8 Å². The average Bonchev–Trinajstić information content (AvgIpc) is 2.14. The molecule has 3 heteroatoms. The van der Waals surface area contributed by atoms with Crippen molar-refractivity contribution in [3.63, 3.8) is 0 Å². The predicted molar refractivity (Wildman–Crippen MR) is 59.0 cm³/mol. The van der Waals surface area contributed by atoms with Crippen LogP contribution in [0.25, 0.3) is 0 Å². The summed E-state index contributed by atoms with van der Waals surface area (Å²) in [5, 5.41) is 10.0. The lowest BCUT2D eigenvalue weighted by Gasteiger charge is -2.29. The first kappa shape index (κ1) is 13.9. The minimum atomic E-state index is -0.310. The molecule has 0 radical (unpaired) electrons. The lowest BCUT2D eigenvalue weighted by molar-refractivity contribution is 0.0270. The lowest BCUT2D eigenvalue weighted by atomic mass is 9.83. The van der Waals surface area contributed by atoms with E-state index in [0.717, 1.165) is 6.42 Å². The summed E-state index contributed by atoms with van der Waals surface area (Å²) in [7, 11) is 1.68. The topological polar surface area (TPSA) is 55.5 Å². The third-order valence-corrected chi connectivity index (χ3v) is 2.93. The summed E-state index contributed by atoms with van der Waals surface area (Å²) in [6, 6.07) is 0. The summed E-state index contributed by atoms with van der Waals surface area (Å²) in [6.45, 7) is 7.51. The van der Waals surface area contributed by atoms with Gasteiger partial charge in [-0.3, -0.25) is 0 Å². The van der Waals surface area contributed by atoms with Gasteiger partial charge in [0.05, 0.1) is 6.10 Å². The first-order valence-corrected chi connectivity index (χ1v) is 5.41. The zero-order valence-electron chi connectivity index (χ0n) is 9.86. The van der Waals surface area contributed by atoms with Gasteiger partial charge in [0.2, 0.25) is 0 Å². The molecule has 0 saturated carbocycles. The number of hydrogen-bond donors (Lipinski definition) is 2. The van der Waals surface area contributed by atoms with Gasteiger partial charge in [-0.05, 0) is 30.7 Å². The maximum Gasteiger partial charge on any atom is 0.0609 e. The molecule has 0 bridgehead atoms. The lowest BCUT2D eigenvalue weighted by Crippen LogP contribution is -2.36. The largest absolute Gasteiger partial charge is 0.393 e. The molecule has 3 unspecified atom stereocenters. The van der Waals surface area contributed by atoms with E-state index in [9.17, 15) is 5.11 Å². The Hall–Kier alpha value is -0.120. The number of aliphatic hydroxyl groups is 1. The molecule has 3 nitrogen and oxygen atoms in total. The monoisotopic (exact) mass is 203 g/mol. The van der Waals surface area contributed by atoms with Gasteiger partial charge >= 0.3 is 0 Å². The van der Waals surface area contributed by atoms with E-state index in [4.69, 9.17) is 10.5 Å². The summed E-state index contributed by atoms with van der Waals surface area (Å²) >= 11 is 0. The molecule has 0 heterocycles. The summed E-state index contributed by atoms with van der Waals surface area (Å²) < 4.78 is 4.99. The van der Waals surface area contributed by atoms with Crippen LogP contribution in [-0.2, 0) is 4.74 Å². The summed E-state index contributed by atoms with van der Waals surface area (Å²) in [5.41, 5.74) is 5.65. The van der Waals surface area contributed by atoms with Crippen molar-refractivity contribution in [2.75, 3.05) is 20.3 Å². The van der Waals surface area contributed by atoms with Crippen LogP contribution >= 0.6 is 0 Å². The first-order valence-electron chi connectivity index (χ1n) is 5.41. The molecule has 0 aliphatic carbocycles. The zero-order chi connectivity index (χ0) is 11.1. The van der Waals surface area contributed by atoms with Gasteiger partial charge in [-0.25, -0.2) is 0 Å². The van der Waals surface area contributed by atoms with Crippen molar-refractivity contribution in [2.45, 2.75) is 33.3 Å². The van der Waals surface area contributed by atoms with E-state index in [1.54, 1.807) is 7.11 Å². The van der Waals surface area contributed by atoms with Crippen LogP contribution < -0.4 is 5.73 Å². The Balaban J connectivity index is 4.05. The van der Waals surface area contributed by atoms with Crippen LogP contribution in [0.3, 0.4) is 0 Å². The molecule has 86 valence electrons. The van der Waals surface area contributed by atoms with E-state index in [1.807, 2.05) is 0 Å². The molecule has 3 N–H and O–H groups in total. The predicted octanol–water partition coefficient (Wildman–Crippen LogP) is 1.25. The normalized spacial score (nSPS) is 18.2. The van der Waals surface area contributed by atoms with Gasteiger partial charge in [0.1, 0.15) is 0 Å². The van der Waals surface area contributed by atoms with Crippen LogP contribution in [0.5, 0.6) is 0 Å². The van der Waals surface area contributed by atoms with Crippen molar-refractivity contribution in [1.29, 1.82) is 0 Å². The van der Waals surface area contributed by atoms with Gasteiger partial charge in [-0.15, -0.1) is 0 Å². The molecule has 0 aromatic rings. The highest BCUT2D eigenvalue weighted by molar-refractivity contribution is 4.77. The highest BCUT2D eigenvalue weighted by Gasteiger charge is 2.25. The summed E-state index contributed by atoms with van der Waals surface area (Å²) in [4.78, 5) is 0. The smallest absolute Gasteiger partial charge is 0.0609 e. The van der Waals surface area contributed by atoms with Crippen LogP contribution in [0.15, 0.2) is 0 Å². The van der Waals surface area contributed by atoms with E-state index in [0.29, 0.717) is 19.1 Å². The van der Waals surface area contributed by atoms with E-state index in [1.165, 1.54) is 0 Å². The van der Waals surface area contributed by atoms with Crippen LogP contribution in [0.1, 0.15) is 27.2 Å². The second-order valence-electron chi connectivity index (χ2n) is 4.39. The maximum absolute atomic E-state index is 10.0. The summed E-state index contributed by atoms with van der Waals surface area (Å²) in [5.74, 6) is 0.882. The van der Waals surface area contributed by atoms with E-state index < -0.39 is 0 Å². The number of aliphatic hydroxyl groups excluding tert-OH is 1. The molecule has 0 spiro atoms. The number of rotatable bonds is 7. The molecular formula is C11H25NO2. The van der Waals surface area contributed by atoms with Crippen LogP contribution in [0.4, 0.5) is 0 Å². The van der Waals surface area contributed by atoms with E-state index >= 15 is 0 Å². The van der Waals surface area contributed by atoms with Gasteiger partial charge in [0, 0.05) is 13.7 Å². The number of ether oxygens (including phenoxy) is 1. The number of nitrogens with two attached hydrogens (primary N) is 1. The molecule has 0 aliphatic heterocycles. The quantitative estimate of drug-likeness (QED) is 0.655. The number of hydrogen-bond acceptors (Lipinski definition) is 3. The zero-order valence-corrected chi connectivity index (χ0v) is 9.86. The Morgan fingerprint density at radius 3 is 2.21 bits per heavy atom. The van der Waals surface area contributed by atoms with Crippen LogP contribution in [-0.4, -0.2) is 31.5 Å². The number of methoxy groups -OCH3 is 1. The Morgan fingerprint density at radius 1 is 1.29 bits per heavy atom. The van der Waals surface area contributed by atoms with Crippen molar-refractivity contribution in [3.05, 3.63) is 0 Å². The molecule has 0 saturated heterocycles. The SMILES string of the molecule is COCCC(C)C(O)C(CN)C(C)C. The van der Waals surface area contributed by atoms with Gasteiger partial charge in [0.15, 0.2) is 0 Å². The van der Waals surface area contributed by atoms with Gasteiger partial charge < -0.3 is 15.6 Å².